The van der Waals surface area contributed by atoms with Crippen LogP contribution in [0.2, 0.25) is 5.02 Å². The lowest BCUT2D eigenvalue weighted by molar-refractivity contribution is -0.878. The van der Waals surface area contributed by atoms with Gasteiger partial charge in [0, 0.05) is 10.7 Å². The molecule has 0 heterocycles. The van der Waals surface area contributed by atoms with Crippen molar-refractivity contribution in [2.75, 3.05) is 19.4 Å². The van der Waals surface area contributed by atoms with Crippen molar-refractivity contribution in [3.63, 3.8) is 0 Å². The van der Waals surface area contributed by atoms with Gasteiger partial charge in [0.25, 0.3) is 0 Å². The lowest BCUT2D eigenvalue weighted by Crippen LogP contribution is -3.12. The van der Waals surface area contributed by atoms with Crippen molar-refractivity contribution in [3.05, 3.63) is 29.3 Å². The summed E-state index contributed by atoms with van der Waals surface area (Å²) in [5.74, 6) is -1.62. The molecule has 1 amide bonds. The van der Waals surface area contributed by atoms with Crippen LogP contribution in [-0.4, -0.2) is 32.0 Å². The Balaban J connectivity index is 2.63. The minimum Gasteiger partial charge on any atom is -0.544 e. The van der Waals surface area contributed by atoms with E-state index in [1.54, 1.807) is 38.4 Å². The number of halogens is 1. The number of rotatable bonds is 5. The monoisotopic (exact) mass is 270 g/mol. The molecule has 2 N–H and O–H groups in total. The van der Waals surface area contributed by atoms with Gasteiger partial charge < -0.3 is 20.1 Å². The highest BCUT2D eigenvalue weighted by molar-refractivity contribution is 6.30. The number of amides is 1. The second-order valence-electron chi connectivity index (χ2n) is 4.21. The molecule has 0 spiro atoms. The van der Waals surface area contributed by atoms with Crippen LogP contribution in [0.5, 0.6) is 0 Å². The summed E-state index contributed by atoms with van der Waals surface area (Å²) in [7, 11) is 3.32. The third-order valence-corrected chi connectivity index (χ3v) is 2.71. The fraction of sp³-hybridized carbons (Fsp3) is 0.333. The summed E-state index contributed by atoms with van der Waals surface area (Å²) in [4.78, 5) is 23.2. The first-order valence-corrected chi connectivity index (χ1v) is 5.84. The van der Waals surface area contributed by atoms with Crippen LogP contribution in [0.1, 0.15) is 6.42 Å². The number of hydrogen-bond donors (Lipinski definition) is 2. The predicted molar refractivity (Wildman–Crippen MR) is 66.3 cm³/mol. The van der Waals surface area contributed by atoms with E-state index in [1.165, 1.54) is 0 Å². The zero-order valence-corrected chi connectivity index (χ0v) is 11.0. The molecule has 0 aliphatic rings. The third-order valence-electron chi connectivity index (χ3n) is 2.48. The number of benzene rings is 1. The van der Waals surface area contributed by atoms with Crippen molar-refractivity contribution < 1.29 is 19.6 Å². The quantitative estimate of drug-likeness (QED) is 0.716. The van der Waals surface area contributed by atoms with Crippen LogP contribution in [0.4, 0.5) is 5.69 Å². The van der Waals surface area contributed by atoms with Crippen molar-refractivity contribution in [2.45, 2.75) is 12.5 Å². The van der Waals surface area contributed by atoms with E-state index < -0.39 is 12.0 Å². The molecule has 0 bridgehead atoms. The lowest BCUT2D eigenvalue weighted by Gasteiger charge is -2.21. The molecular weight excluding hydrogens is 256 g/mol. The van der Waals surface area contributed by atoms with E-state index >= 15 is 0 Å². The highest BCUT2D eigenvalue weighted by atomic mass is 35.5. The normalized spacial score (nSPS) is 12.2. The molecule has 0 aliphatic carbocycles. The Kier molecular flexibility index (Phi) is 5.12. The lowest BCUT2D eigenvalue weighted by atomic mass is 10.2. The average molecular weight is 271 g/mol. The van der Waals surface area contributed by atoms with Gasteiger partial charge in [-0.05, 0) is 18.2 Å². The first kappa shape index (κ1) is 14.5. The van der Waals surface area contributed by atoms with Gasteiger partial charge in [0.05, 0.1) is 26.5 Å². The molecule has 0 fully saturated rings. The first-order valence-electron chi connectivity index (χ1n) is 5.46. The second-order valence-corrected chi connectivity index (χ2v) is 4.65. The Hall–Kier alpha value is -1.59. The molecule has 6 heteroatoms. The minimum atomic E-state index is -1.24. The Morgan fingerprint density at radius 2 is 2.11 bits per heavy atom. The van der Waals surface area contributed by atoms with E-state index in [4.69, 9.17) is 11.6 Å². The topological polar surface area (TPSA) is 73.7 Å². The molecular formula is C12H15ClN2O3. The van der Waals surface area contributed by atoms with Crippen molar-refractivity contribution in [1.29, 1.82) is 0 Å². The van der Waals surface area contributed by atoms with Gasteiger partial charge in [-0.15, -0.1) is 0 Å². The molecule has 1 rings (SSSR count). The highest BCUT2D eigenvalue weighted by Crippen LogP contribution is 2.14. The molecule has 5 nitrogen and oxygen atoms in total. The van der Waals surface area contributed by atoms with Crippen LogP contribution < -0.4 is 15.3 Å². The Bertz CT molecular complexity index is 449. The van der Waals surface area contributed by atoms with Crippen molar-refractivity contribution in [1.82, 2.24) is 0 Å². The van der Waals surface area contributed by atoms with Gasteiger partial charge in [0.2, 0.25) is 5.91 Å². The highest BCUT2D eigenvalue weighted by Gasteiger charge is 2.20. The number of carboxylic acid groups (broad SMARTS) is 1. The van der Waals surface area contributed by atoms with Gasteiger partial charge in [-0.25, -0.2) is 0 Å². The van der Waals surface area contributed by atoms with Crippen LogP contribution in [0.3, 0.4) is 0 Å². The number of anilines is 1. The van der Waals surface area contributed by atoms with E-state index in [0.717, 1.165) is 0 Å². The minimum absolute atomic E-state index is 0.142. The molecule has 1 atom stereocenters. The SMILES string of the molecule is C[NH+](C)[C@@H](CC(=O)Nc1cccc(Cl)c1)C(=O)[O-]. The Labute approximate surface area is 110 Å². The zero-order valence-electron chi connectivity index (χ0n) is 10.2. The number of hydrogen-bond acceptors (Lipinski definition) is 3. The number of likely N-dealkylation sites (N-methyl/N-ethyl adjacent to an activating group) is 1. The van der Waals surface area contributed by atoms with E-state index in [2.05, 4.69) is 5.32 Å². The number of nitrogens with one attached hydrogen (secondary N) is 2. The van der Waals surface area contributed by atoms with Crippen LogP contribution >= 0.6 is 11.6 Å². The summed E-state index contributed by atoms with van der Waals surface area (Å²) in [6, 6.07) is 5.79. The molecule has 0 radical (unpaired) electrons. The van der Waals surface area contributed by atoms with Crippen LogP contribution in [0.15, 0.2) is 24.3 Å². The summed E-state index contributed by atoms with van der Waals surface area (Å²) in [6.07, 6.45) is -0.142. The van der Waals surface area contributed by atoms with Crippen molar-refractivity contribution >= 4 is 29.2 Å². The summed E-state index contributed by atoms with van der Waals surface area (Å²) >= 11 is 5.78. The van der Waals surface area contributed by atoms with E-state index in [9.17, 15) is 14.7 Å². The average Bonchev–Trinajstić information content (AvgIpc) is 2.25. The molecule has 1 aromatic rings. The predicted octanol–water partition coefficient (Wildman–Crippen LogP) is -1.07. The largest absolute Gasteiger partial charge is 0.544 e. The molecule has 0 aromatic heterocycles. The Morgan fingerprint density at radius 1 is 1.44 bits per heavy atom. The zero-order chi connectivity index (χ0) is 13.7. The maximum Gasteiger partial charge on any atom is 0.230 e. The molecule has 18 heavy (non-hydrogen) atoms. The van der Waals surface area contributed by atoms with Crippen LogP contribution in [-0.2, 0) is 9.59 Å². The standard InChI is InChI=1S/C12H15ClN2O3/c1-15(2)10(12(17)18)7-11(16)14-9-5-3-4-8(13)6-9/h3-6,10H,7H2,1-2H3,(H,14,16)(H,17,18)/t10-/m0/s1. The molecule has 0 unspecified atom stereocenters. The number of carbonyl (C=O) groups excluding carboxylic acids is 2. The van der Waals surface area contributed by atoms with Gasteiger partial charge in [0.1, 0.15) is 6.04 Å². The van der Waals surface area contributed by atoms with Crippen LogP contribution in [0, 0.1) is 0 Å². The maximum atomic E-state index is 11.7. The number of aliphatic carboxylic acids is 1. The number of carboxylic acids is 1. The smallest absolute Gasteiger partial charge is 0.230 e. The number of carbonyl (C=O) groups is 2. The van der Waals surface area contributed by atoms with E-state index in [-0.39, 0.29) is 12.3 Å². The summed E-state index contributed by atoms with van der Waals surface area (Å²) in [5, 5.41) is 13.9. The van der Waals surface area contributed by atoms with E-state index in [0.29, 0.717) is 15.6 Å². The van der Waals surface area contributed by atoms with Crippen molar-refractivity contribution in [2.24, 2.45) is 0 Å². The third kappa shape index (κ3) is 4.35. The van der Waals surface area contributed by atoms with Gasteiger partial charge in [0.15, 0.2) is 0 Å². The maximum absolute atomic E-state index is 11.7. The van der Waals surface area contributed by atoms with Gasteiger partial charge >= 0.3 is 0 Å². The first-order chi connectivity index (χ1) is 8.40. The number of quaternary nitrogens is 1. The van der Waals surface area contributed by atoms with Gasteiger partial charge in [-0.3, -0.25) is 4.79 Å². The summed E-state index contributed by atoms with van der Waals surface area (Å²) < 4.78 is 0. The van der Waals surface area contributed by atoms with Gasteiger partial charge in [-0.2, -0.15) is 0 Å². The molecule has 0 saturated heterocycles. The second kappa shape index (κ2) is 6.37. The fourth-order valence-electron chi connectivity index (χ4n) is 1.49. The molecule has 98 valence electrons. The van der Waals surface area contributed by atoms with E-state index in [1.807, 2.05) is 0 Å². The van der Waals surface area contributed by atoms with Crippen LogP contribution in [0.25, 0.3) is 0 Å². The van der Waals surface area contributed by atoms with Crippen molar-refractivity contribution in [3.8, 4) is 0 Å². The Morgan fingerprint density at radius 3 is 2.61 bits per heavy atom. The summed E-state index contributed by atoms with van der Waals surface area (Å²) in [5.41, 5.74) is 0.540. The van der Waals surface area contributed by atoms with Gasteiger partial charge in [-0.1, -0.05) is 17.7 Å². The molecule has 0 saturated carbocycles. The summed E-state index contributed by atoms with van der Waals surface area (Å²) in [6.45, 7) is 0. The molecule has 0 aliphatic heterocycles. The fourth-order valence-corrected chi connectivity index (χ4v) is 1.68. The molecule has 1 aromatic carbocycles.